The molecule has 0 fully saturated rings. The fourth-order valence-corrected chi connectivity index (χ4v) is 9.82. The summed E-state index contributed by atoms with van der Waals surface area (Å²) < 4.78 is 16.9. The third-order valence-corrected chi connectivity index (χ3v) is 14.8. The van der Waals surface area contributed by atoms with Gasteiger partial charge in [0, 0.05) is 19.3 Å². The molecule has 1 unspecified atom stereocenters. The van der Waals surface area contributed by atoms with Gasteiger partial charge in [-0.25, -0.2) is 0 Å². The van der Waals surface area contributed by atoms with E-state index in [1.807, 2.05) is 0 Å². The van der Waals surface area contributed by atoms with E-state index in [2.05, 4.69) is 69.4 Å². The zero-order valence-corrected chi connectivity index (χ0v) is 50.3. The van der Waals surface area contributed by atoms with Gasteiger partial charge in [-0.05, 0) is 70.6 Å². The number of allylic oxidation sites excluding steroid dienone is 8. The lowest BCUT2D eigenvalue weighted by Gasteiger charge is -2.18. The highest BCUT2D eigenvalue weighted by molar-refractivity contribution is 5.71. The maximum Gasteiger partial charge on any atom is 0.306 e. The Bertz CT molecular complexity index is 1300. The summed E-state index contributed by atoms with van der Waals surface area (Å²) >= 11 is 0. The molecule has 0 saturated carbocycles. The first-order chi connectivity index (χ1) is 37.0. The van der Waals surface area contributed by atoms with Crippen LogP contribution in [0.4, 0.5) is 0 Å². The van der Waals surface area contributed by atoms with Gasteiger partial charge >= 0.3 is 17.9 Å². The molecule has 0 radical (unpaired) electrons. The van der Waals surface area contributed by atoms with Gasteiger partial charge in [-0.2, -0.15) is 0 Å². The van der Waals surface area contributed by atoms with Gasteiger partial charge in [-0.15, -0.1) is 0 Å². The van der Waals surface area contributed by atoms with Crippen LogP contribution in [0, 0.1) is 0 Å². The van der Waals surface area contributed by atoms with E-state index in [0.29, 0.717) is 19.3 Å². The molecule has 0 rings (SSSR count). The van der Waals surface area contributed by atoms with Crippen molar-refractivity contribution < 1.29 is 28.6 Å². The van der Waals surface area contributed by atoms with Crippen LogP contribution in [0.1, 0.15) is 355 Å². The number of hydrogen-bond donors (Lipinski definition) is 0. The molecule has 1 atom stereocenters. The van der Waals surface area contributed by atoms with Crippen LogP contribution in [0.25, 0.3) is 0 Å². The van der Waals surface area contributed by atoms with E-state index in [0.717, 1.165) is 116 Å². The first kappa shape index (κ1) is 72.4. The molecule has 75 heavy (non-hydrogen) atoms. The van der Waals surface area contributed by atoms with Crippen molar-refractivity contribution in [1.29, 1.82) is 0 Å². The monoisotopic (exact) mass is 1050 g/mol. The van der Waals surface area contributed by atoms with Gasteiger partial charge in [0.05, 0.1) is 0 Å². The first-order valence-electron chi connectivity index (χ1n) is 33.1. The predicted octanol–water partition coefficient (Wildman–Crippen LogP) is 22.6. The lowest BCUT2D eigenvalue weighted by atomic mass is 10.0. The van der Waals surface area contributed by atoms with Crippen molar-refractivity contribution in [2.24, 2.45) is 0 Å². The van der Waals surface area contributed by atoms with Crippen LogP contribution < -0.4 is 0 Å². The Labute approximate surface area is 467 Å². The molecule has 0 aliphatic carbocycles. The molecule has 0 aliphatic heterocycles. The van der Waals surface area contributed by atoms with E-state index in [4.69, 9.17) is 14.2 Å². The second-order valence-corrected chi connectivity index (χ2v) is 22.4. The standard InChI is InChI=1S/C69H126O6/c1-4-7-10-13-16-19-22-25-26-27-28-29-30-31-32-33-34-35-36-37-38-39-40-41-42-45-47-50-53-56-59-62-68(71)74-65-66(75-69(72)63-60-57-54-51-48-44-24-21-18-15-12-9-6-3)64-73-67(70)61-58-55-52-49-46-43-23-20-17-14-11-8-5-2/h11-12,14-15,20-21,23-24,66H,4-10,13,16-19,22,25-65H2,1-3H3/b14-11-,15-12-,23-20-,24-21-. The minimum Gasteiger partial charge on any atom is -0.462 e. The summed E-state index contributed by atoms with van der Waals surface area (Å²) in [6, 6.07) is 0. The Morgan fingerprint density at radius 3 is 0.787 bits per heavy atom. The van der Waals surface area contributed by atoms with Crippen LogP contribution in [0.15, 0.2) is 48.6 Å². The number of carbonyl (C=O) groups is 3. The van der Waals surface area contributed by atoms with E-state index in [-0.39, 0.29) is 31.1 Å². The summed E-state index contributed by atoms with van der Waals surface area (Å²) in [5.74, 6) is -0.893. The fraction of sp³-hybridized carbons (Fsp3) is 0.841. The molecule has 0 saturated heterocycles. The molecular weight excluding hydrogens is 925 g/mol. The summed E-state index contributed by atoms with van der Waals surface area (Å²) in [4.78, 5) is 38.2. The topological polar surface area (TPSA) is 78.9 Å². The van der Waals surface area contributed by atoms with Crippen LogP contribution >= 0.6 is 0 Å². The van der Waals surface area contributed by atoms with Crippen molar-refractivity contribution in [3.05, 3.63) is 48.6 Å². The Morgan fingerprint density at radius 2 is 0.507 bits per heavy atom. The SMILES string of the molecule is CCC/C=C\C/C=C\CCCCCCCC(=O)OCC(COC(=O)CCCCCCCCCCCCCCCCCCCCCCCCCCCCCCCCC)OC(=O)CCCCCCC/C=C\C/C=C\CCC. The summed E-state index contributed by atoms with van der Waals surface area (Å²) in [6.07, 6.45) is 80.1. The van der Waals surface area contributed by atoms with Crippen LogP contribution in [0.5, 0.6) is 0 Å². The van der Waals surface area contributed by atoms with Crippen molar-refractivity contribution in [2.45, 2.75) is 361 Å². The first-order valence-corrected chi connectivity index (χ1v) is 33.1. The summed E-state index contributed by atoms with van der Waals surface area (Å²) in [5, 5.41) is 0. The summed E-state index contributed by atoms with van der Waals surface area (Å²) in [5.41, 5.74) is 0. The molecule has 0 heterocycles. The fourth-order valence-electron chi connectivity index (χ4n) is 9.82. The van der Waals surface area contributed by atoms with Gasteiger partial charge in [0.2, 0.25) is 0 Å². The van der Waals surface area contributed by atoms with Crippen LogP contribution in [-0.4, -0.2) is 37.2 Å². The molecule has 6 heteroatoms. The molecule has 438 valence electrons. The minimum atomic E-state index is -0.785. The lowest BCUT2D eigenvalue weighted by Crippen LogP contribution is -2.30. The van der Waals surface area contributed by atoms with Crippen molar-refractivity contribution in [3.63, 3.8) is 0 Å². The minimum absolute atomic E-state index is 0.0805. The van der Waals surface area contributed by atoms with Gasteiger partial charge < -0.3 is 14.2 Å². The Hall–Kier alpha value is -2.63. The summed E-state index contributed by atoms with van der Waals surface area (Å²) in [7, 11) is 0. The third-order valence-electron chi connectivity index (χ3n) is 14.8. The quantitative estimate of drug-likeness (QED) is 0.0261. The highest BCUT2D eigenvalue weighted by atomic mass is 16.6. The second-order valence-electron chi connectivity index (χ2n) is 22.4. The number of esters is 3. The Balaban J connectivity index is 4.09. The molecular formula is C69H126O6. The van der Waals surface area contributed by atoms with Crippen LogP contribution in [0.3, 0.4) is 0 Å². The number of rotatable bonds is 61. The van der Waals surface area contributed by atoms with E-state index < -0.39 is 6.10 Å². The number of ether oxygens (including phenoxy) is 3. The van der Waals surface area contributed by atoms with Crippen molar-refractivity contribution in [1.82, 2.24) is 0 Å². The van der Waals surface area contributed by atoms with E-state index in [9.17, 15) is 14.4 Å². The molecule has 0 bridgehead atoms. The molecule has 6 nitrogen and oxygen atoms in total. The molecule has 0 aromatic carbocycles. The maximum atomic E-state index is 12.8. The number of unbranched alkanes of at least 4 members (excludes halogenated alkanes) is 42. The smallest absolute Gasteiger partial charge is 0.306 e. The highest BCUT2D eigenvalue weighted by Crippen LogP contribution is 2.18. The van der Waals surface area contributed by atoms with Crippen molar-refractivity contribution in [3.8, 4) is 0 Å². The van der Waals surface area contributed by atoms with Gasteiger partial charge in [-0.3, -0.25) is 14.4 Å². The highest BCUT2D eigenvalue weighted by Gasteiger charge is 2.19. The largest absolute Gasteiger partial charge is 0.462 e. The van der Waals surface area contributed by atoms with Crippen molar-refractivity contribution in [2.75, 3.05) is 13.2 Å². The molecule has 0 aliphatic rings. The maximum absolute atomic E-state index is 12.8. The number of hydrogen-bond acceptors (Lipinski definition) is 6. The van der Waals surface area contributed by atoms with Gasteiger partial charge in [0.25, 0.3) is 0 Å². The molecule has 0 aromatic rings. The van der Waals surface area contributed by atoms with Gasteiger partial charge in [-0.1, -0.05) is 313 Å². The van der Waals surface area contributed by atoms with E-state index in [1.165, 1.54) is 199 Å². The molecule has 0 spiro atoms. The Kier molecular flexibility index (Phi) is 61.7. The predicted molar refractivity (Wildman–Crippen MR) is 325 cm³/mol. The van der Waals surface area contributed by atoms with E-state index >= 15 is 0 Å². The molecule has 0 aromatic heterocycles. The Morgan fingerprint density at radius 1 is 0.267 bits per heavy atom. The zero-order valence-electron chi connectivity index (χ0n) is 50.3. The van der Waals surface area contributed by atoms with E-state index in [1.54, 1.807) is 0 Å². The van der Waals surface area contributed by atoms with Crippen LogP contribution in [-0.2, 0) is 28.6 Å². The second kappa shape index (κ2) is 63.9. The average Bonchev–Trinajstić information content (AvgIpc) is 3.41. The average molecular weight is 1050 g/mol. The summed E-state index contributed by atoms with van der Waals surface area (Å²) in [6.45, 7) is 6.53. The normalized spacial score (nSPS) is 12.3. The lowest BCUT2D eigenvalue weighted by molar-refractivity contribution is -0.167. The van der Waals surface area contributed by atoms with Gasteiger partial charge in [0.15, 0.2) is 6.10 Å². The van der Waals surface area contributed by atoms with Crippen molar-refractivity contribution >= 4 is 17.9 Å². The van der Waals surface area contributed by atoms with Gasteiger partial charge in [0.1, 0.15) is 13.2 Å². The number of carbonyl (C=O) groups excluding carboxylic acids is 3. The molecule has 0 N–H and O–H groups in total. The molecule has 0 amide bonds. The van der Waals surface area contributed by atoms with Crippen LogP contribution in [0.2, 0.25) is 0 Å². The zero-order chi connectivity index (χ0) is 54.3. The third kappa shape index (κ3) is 62.1.